The molecule has 1 amide bonds. The molecule has 6 rings (SSSR count). The van der Waals surface area contributed by atoms with Gasteiger partial charge in [0.15, 0.2) is 5.65 Å². The molecule has 6 heterocycles. The summed E-state index contributed by atoms with van der Waals surface area (Å²) in [6.07, 6.45) is 3.05. The van der Waals surface area contributed by atoms with E-state index in [1.54, 1.807) is 22.3 Å². The molecule has 0 saturated carbocycles. The average Bonchev–Trinajstić information content (AvgIpc) is 3.65. The van der Waals surface area contributed by atoms with E-state index >= 15 is 0 Å². The Bertz CT molecular complexity index is 1420. The van der Waals surface area contributed by atoms with Crippen LogP contribution < -0.4 is 10.6 Å². The number of aliphatic hydroxyl groups excluding tert-OH is 1. The minimum absolute atomic E-state index is 0.0512. The number of anilines is 1. The SMILES string of the molecule is CNc1cc(-c2cn([C@H]3COC[C@H]3F)c3ncccc23)nc2c(C(=O)NC3COCC3O)cnn12. The summed E-state index contributed by atoms with van der Waals surface area (Å²) in [7, 11) is 1.75. The van der Waals surface area contributed by atoms with Crippen LogP contribution in [0, 0.1) is 0 Å². The predicted octanol–water partition coefficient (Wildman–Crippen LogP) is 1.19. The number of fused-ring (bicyclic) bond motifs is 2. The zero-order valence-electron chi connectivity index (χ0n) is 18.9. The fraction of sp³-hybridized carbons (Fsp3) is 0.391. The summed E-state index contributed by atoms with van der Waals surface area (Å²) >= 11 is 0. The lowest BCUT2D eigenvalue weighted by Gasteiger charge is -2.14. The number of aliphatic hydroxyl groups is 1. The number of carbonyl (C=O) groups is 1. The van der Waals surface area contributed by atoms with E-state index in [9.17, 15) is 14.3 Å². The quantitative estimate of drug-likeness (QED) is 0.388. The van der Waals surface area contributed by atoms with Crippen molar-refractivity contribution in [2.24, 2.45) is 0 Å². The first kappa shape index (κ1) is 21.9. The van der Waals surface area contributed by atoms with Crippen molar-refractivity contribution in [3.63, 3.8) is 0 Å². The van der Waals surface area contributed by atoms with Gasteiger partial charge in [-0.3, -0.25) is 4.79 Å². The molecule has 4 aromatic heterocycles. The van der Waals surface area contributed by atoms with E-state index in [0.717, 1.165) is 10.9 Å². The van der Waals surface area contributed by atoms with Gasteiger partial charge in [-0.15, -0.1) is 0 Å². The van der Waals surface area contributed by atoms with E-state index < -0.39 is 30.3 Å². The van der Waals surface area contributed by atoms with Gasteiger partial charge < -0.3 is 29.8 Å². The van der Waals surface area contributed by atoms with E-state index in [1.165, 1.54) is 6.20 Å². The van der Waals surface area contributed by atoms with E-state index in [0.29, 0.717) is 22.8 Å². The predicted molar refractivity (Wildman–Crippen MR) is 124 cm³/mol. The summed E-state index contributed by atoms with van der Waals surface area (Å²) in [5, 5.41) is 21.0. The number of rotatable bonds is 5. The number of halogens is 1. The van der Waals surface area contributed by atoms with Gasteiger partial charge in [0.1, 0.15) is 23.2 Å². The van der Waals surface area contributed by atoms with E-state index in [-0.39, 0.29) is 32.0 Å². The molecule has 0 spiro atoms. The molecule has 4 aromatic rings. The molecule has 0 bridgehead atoms. The molecule has 2 aliphatic heterocycles. The molecular formula is C23H24FN7O4. The minimum atomic E-state index is -1.14. The molecule has 0 aromatic carbocycles. The fourth-order valence-corrected chi connectivity index (χ4v) is 4.68. The summed E-state index contributed by atoms with van der Waals surface area (Å²) in [4.78, 5) is 22.3. The highest BCUT2D eigenvalue weighted by Crippen LogP contribution is 2.35. The highest BCUT2D eigenvalue weighted by Gasteiger charge is 2.32. The van der Waals surface area contributed by atoms with Crippen LogP contribution in [0.2, 0.25) is 0 Å². The molecule has 2 fully saturated rings. The number of nitrogens with zero attached hydrogens (tertiary/aromatic N) is 5. The first-order valence-corrected chi connectivity index (χ1v) is 11.4. The van der Waals surface area contributed by atoms with Crippen molar-refractivity contribution < 1.29 is 23.8 Å². The molecule has 2 aliphatic rings. The Balaban J connectivity index is 1.47. The maximum atomic E-state index is 14.6. The first-order chi connectivity index (χ1) is 17.0. The Kier molecular flexibility index (Phi) is 5.35. The van der Waals surface area contributed by atoms with Crippen LogP contribution in [-0.4, -0.2) is 87.0 Å². The molecule has 12 heteroatoms. The normalized spacial score (nSPS) is 24.4. The van der Waals surface area contributed by atoms with Crippen molar-refractivity contribution >= 4 is 28.4 Å². The van der Waals surface area contributed by atoms with Crippen LogP contribution in [0.3, 0.4) is 0 Å². The summed E-state index contributed by atoms with van der Waals surface area (Å²) in [6, 6.07) is 4.56. The number of alkyl halides is 1. The Morgan fingerprint density at radius 3 is 2.83 bits per heavy atom. The molecule has 0 aliphatic carbocycles. The number of pyridine rings is 1. The van der Waals surface area contributed by atoms with Crippen molar-refractivity contribution in [1.29, 1.82) is 0 Å². The third kappa shape index (κ3) is 3.61. The van der Waals surface area contributed by atoms with Crippen LogP contribution in [0.15, 0.2) is 36.8 Å². The zero-order valence-corrected chi connectivity index (χ0v) is 18.9. The van der Waals surface area contributed by atoms with Gasteiger partial charge in [0, 0.05) is 36.5 Å². The largest absolute Gasteiger partial charge is 0.388 e. The van der Waals surface area contributed by atoms with Crippen molar-refractivity contribution in [3.8, 4) is 11.3 Å². The lowest BCUT2D eigenvalue weighted by atomic mass is 10.1. The van der Waals surface area contributed by atoms with Gasteiger partial charge in [0.05, 0.1) is 56.5 Å². The molecule has 182 valence electrons. The third-order valence-corrected chi connectivity index (χ3v) is 6.55. The summed E-state index contributed by atoms with van der Waals surface area (Å²) in [6.45, 7) is 0.726. The fourth-order valence-electron chi connectivity index (χ4n) is 4.68. The van der Waals surface area contributed by atoms with E-state index in [4.69, 9.17) is 14.5 Å². The lowest BCUT2D eigenvalue weighted by molar-refractivity contribution is 0.0888. The van der Waals surface area contributed by atoms with Crippen molar-refractivity contribution in [2.75, 3.05) is 38.8 Å². The van der Waals surface area contributed by atoms with Crippen LogP contribution in [0.5, 0.6) is 0 Å². The second-order valence-electron chi connectivity index (χ2n) is 8.70. The molecule has 11 nitrogen and oxygen atoms in total. The van der Waals surface area contributed by atoms with E-state index in [1.807, 2.05) is 24.4 Å². The number of aromatic nitrogens is 5. The van der Waals surface area contributed by atoms with Crippen LogP contribution in [-0.2, 0) is 9.47 Å². The van der Waals surface area contributed by atoms with Gasteiger partial charge in [-0.2, -0.15) is 9.61 Å². The molecule has 2 unspecified atom stereocenters. The highest BCUT2D eigenvalue weighted by atomic mass is 19.1. The van der Waals surface area contributed by atoms with Gasteiger partial charge in [-0.05, 0) is 12.1 Å². The topological polar surface area (TPSA) is 128 Å². The second-order valence-corrected chi connectivity index (χ2v) is 8.70. The summed E-state index contributed by atoms with van der Waals surface area (Å²) in [5.41, 5.74) is 2.56. The molecule has 4 atom stereocenters. The van der Waals surface area contributed by atoms with Gasteiger partial charge in [-0.25, -0.2) is 14.4 Å². The van der Waals surface area contributed by atoms with Crippen LogP contribution in [0.4, 0.5) is 10.2 Å². The Hall–Kier alpha value is -3.61. The number of amides is 1. The lowest BCUT2D eigenvalue weighted by Crippen LogP contribution is -2.42. The number of ether oxygens (including phenoxy) is 2. The molecule has 0 radical (unpaired) electrons. The third-order valence-electron chi connectivity index (χ3n) is 6.55. The summed E-state index contributed by atoms with van der Waals surface area (Å²) < 4.78 is 28.5. The molecule has 35 heavy (non-hydrogen) atoms. The number of carbonyl (C=O) groups excluding carboxylic acids is 1. The van der Waals surface area contributed by atoms with Crippen LogP contribution >= 0.6 is 0 Å². The number of hydrogen-bond acceptors (Lipinski definition) is 8. The maximum absolute atomic E-state index is 14.6. The second kappa shape index (κ2) is 8.56. The van der Waals surface area contributed by atoms with Crippen molar-refractivity contribution in [1.82, 2.24) is 29.5 Å². The van der Waals surface area contributed by atoms with Gasteiger partial charge in [-0.1, -0.05) is 0 Å². The Morgan fingerprint density at radius 2 is 2.09 bits per heavy atom. The summed E-state index contributed by atoms with van der Waals surface area (Å²) in [5.74, 6) is 0.208. The van der Waals surface area contributed by atoms with E-state index in [2.05, 4.69) is 20.7 Å². The van der Waals surface area contributed by atoms with Crippen molar-refractivity contribution in [3.05, 3.63) is 42.4 Å². The Labute approximate surface area is 198 Å². The zero-order chi connectivity index (χ0) is 24.1. The average molecular weight is 481 g/mol. The highest BCUT2D eigenvalue weighted by molar-refractivity contribution is 6.01. The smallest absolute Gasteiger partial charge is 0.257 e. The van der Waals surface area contributed by atoms with Crippen molar-refractivity contribution in [2.45, 2.75) is 24.4 Å². The number of nitrogens with one attached hydrogen (secondary N) is 2. The first-order valence-electron chi connectivity index (χ1n) is 11.4. The monoisotopic (exact) mass is 481 g/mol. The minimum Gasteiger partial charge on any atom is -0.388 e. The standard InChI is InChI=1S/C23H24FN7O4/c1-25-20-5-16(14-7-30(18-10-34-8-15(18)24)21-12(14)3-2-4-26-21)28-22-13(6-27-31(20)22)23(33)29-17-9-35-11-19(17)32/h2-7,15,17-19,25,32H,8-11H2,1H3,(H,29,33)/t15-,17?,18+,19?/m1/s1. The molecule has 2 saturated heterocycles. The number of hydrogen-bond donors (Lipinski definition) is 3. The Morgan fingerprint density at radius 1 is 1.23 bits per heavy atom. The van der Waals surface area contributed by atoms with Gasteiger partial charge in [0.2, 0.25) is 0 Å². The maximum Gasteiger partial charge on any atom is 0.257 e. The van der Waals surface area contributed by atoms with Gasteiger partial charge in [0.25, 0.3) is 5.91 Å². The van der Waals surface area contributed by atoms with Crippen LogP contribution in [0.1, 0.15) is 16.4 Å². The van der Waals surface area contributed by atoms with Crippen LogP contribution in [0.25, 0.3) is 27.9 Å². The van der Waals surface area contributed by atoms with Gasteiger partial charge >= 0.3 is 0 Å². The molecule has 3 N–H and O–H groups in total. The molecular weight excluding hydrogens is 457 g/mol.